The van der Waals surface area contributed by atoms with Crippen LogP contribution in [0.1, 0.15) is 38.3 Å². The third kappa shape index (κ3) is 7.58. The predicted octanol–water partition coefficient (Wildman–Crippen LogP) is 4.67. The molecule has 0 aliphatic rings. The van der Waals surface area contributed by atoms with E-state index in [0.29, 0.717) is 31.2 Å². The zero-order valence-corrected chi connectivity index (χ0v) is 18.7. The third-order valence-corrected chi connectivity index (χ3v) is 5.61. The van der Waals surface area contributed by atoms with Gasteiger partial charge in [0.15, 0.2) is 0 Å². The summed E-state index contributed by atoms with van der Waals surface area (Å²) in [5, 5.41) is 3.00. The molecule has 0 heterocycles. The molecule has 2 aromatic rings. The first-order valence-electron chi connectivity index (χ1n) is 10.2. The molecule has 2 aromatic carbocycles. The Kier molecular flexibility index (Phi) is 9.26. The summed E-state index contributed by atoms with van der Waals surface area (Å²) in [6, 6.07) is 17.5. The Morgan fingerprint density at radius 2 is 1.79 bits per heavy atom. The minimum absolute atomic E-state index is 0.0214. The number of benzene rings is 2. The van der Waals surface area contributed by atoms with Gasteiger partial charge < -0.3 is 10.2 Å². The van der Waals surface area contributed by atoms with E-state index in [4.69, 9.17) is 0 Å². The van der Waals surface area contributed by atoms with E-state index in [0.717, 1.165) is 16.0 Å². The topological polar surface area (TPSA) is 49.4 Å². The molecule has 0 aliphatic carbocycles. The molecule has 0 unspecified atom stereocenters. The molecule has 0 saturated heterocycles. The highest BCUT2D eigenvalue weighted by Gasteiger charge is 2.28. The fourth-order valence-corrected chi connectivity index (χ4v) is 3.90. The maximum absolute atomic E-state index is 13.2. The van der Waals surface area contributed by atoms with Gasteiger partial charge in [-0.15, -0.1) is 11.8 Å². The quantitative estimate of drug-likeness (QED) is 0.577. The molecular formula is C24H32N2O2S. The van der Waals surface area contributed by atoms with E-state index >= 15 is 0 Å². The van der Waals surface area contributed by atoms with Crippen LogP contribution in [-0.4, -0.2) is 35.1 Å². The van der Waals surface area contributed by atoms with Gasteiger partial charge in [-0.05, 0) is 37.0 Å². The zero-order chi connectivity index (χ0) is 21.2. The van der Waals surface area contributed by atoms with Crippen molar-refractivity contribution in [3.63, 3.8) is 0 Å². The van der Waals surface area contributed by atoms with Crippen LogP contribution < -0.4 is 5.32 Å². The Balaban J connectivity index is 2.18. The largest absolute Gasteiger partial charge is 0.354 e. The van der Waals surface area contributed by atoms with Gasteiger partial charge in [-0.25, -0.2) is 0 Å². The highest BCUT2D eigenvalue weighted by Crippen LogP contribution is 2.20. The third-order valence-electron chi connectivity index (χ3n) is 4.61. The van der Waals surface area contributed by atoms with Crippen LogP contribution in [0.5, 0.6) is 0 Å². The molecule has 1 N–H and O–H groups in total. The van der Waals surface area contributed by atoms with Gasteiger partial charge in [0.1, 0.15) is 6.04 Å². The van der Waals surface area contributed by atoms with Gasteiger partial charge in [-0.2, -0.15) is 0 Å². The molecule has 4 nitrogen and oxygen atoms in total. The highest BCUT2D eigenvalue weighted by atomic mass is 32.2. The minimum Gasteiger partial charge on any atom is -0.354 e. The van der Waals surface area contributed by atoms with E-state index in [-0.39, 0.29) is 11.8 Å². The van der Waals surface area contributed by atoms with E-state index in [1.807, 2.05) is 62.4 Å². The molecule has 0 saturated carbocycles. The number of amides is 2. The lowest BCUT2D eigenvalue weighted by Gasteiger charge is -2.31. The van der Waals surface area contributed by atoms with E-state index in [1.54, 1.807) is 4.90 Å². The number of thioether (sulfide) groups is 1. The molecule has 0 radical (unpaired) electrons. The number of aryl methyl sites for hydroxylation is 1. The van der Waals surface area contributed by atoms with Gasteiger partial charge in [-0.3, -0.25) is 9.59 Å². The van der Waals surface area contributed by atoms with Crippen molar-refractivity contribution in [1.82, 2.24) is 10.2 Å². The fourth-order valence-electron chi connectivity index (χ4n) is 3.09. The smallest absolute Gasteiger partial charge is 0.242 e. The van der Waals surface area contributed by atoms with Crippen LogP contribution in [0.2, 0.25) is 0 Å². The van der Waals surface area contributed by atoms with E-state index in [9.17, 15) is 9.59 Å². The molecule has 0 spiro atoms. The maximum Gasteiger partial charge on any atom is 0.242 e. The van der Waals surface area contributed by atoms with E-state index < -0.39 is 6.04 Å². The number of nitrogens with zero attached hydrogens (tertiary/aromatic N) is 1. The molecule has 0 bridgehead atoms. The van der Waals surface area contributed by atoms with Crippen molar-refractivity contribution in [3.8, 4) is 0 Å². The summed E-state index contributed by atoms with van der Waals surface area (Å²) in [4.78, 5) is 28.8. The monoisotopic (exact) mass is 412 g/mol. The van der Waals surface area contributed by atoms with Crippen LogP contribution in [0, 0.1) is 12.8 Å². The van der Waals surface area contributed by atoms with Crippen LogP contribution in [0.15, 0.2) is 59.5 Å². The van der Waals surface area contributed by atoms with Crippen LogP contribution in [0.25, 0.3) is 0 Å². The summed E-state index contributed by atoms with van der Waals surface area (Å²) in [7, 11) is 0. The van der Waals surface area contributed by atoms with Crippen molar-refractivity contribution in [2.75, 3.05) is 12.3 Å². The van der Waals surface area contributed by atoms with Crippen molar-refractivity contribution in [3.05, 3.63) is 65.7 Å². The Labute approximate surface area is 179 Å². The standard InChI is InChI=1S/C24H32N2O2S/c1-5-22(24(28)25-15-18(2)3)26(16-20-11-9-10-19(4)14-20)23(27)17-29-21-12-7-6-8-13-21/h6-14,18,22H,5,15-17H2,1-4H3,(H,25,28)/t22-/m1/s1. The molecule has 0 fully saturated rings. The van der Waals surface area contributed by atoms with Crippen LogP contribution >= 0.6 is 11.8 Å². The van der Waals surface area contributed by atoms with Crippen LogP contribution in [0.4, 0.5) is 0 Å². The minimum atomic E-state index is -0.474. The molecule has 0 aliphatic heterocycles. The molecule has 2 amide bonds. The Morgan fingerprint density at radius 1 is 1.07 bits per heavy atom. The van der Waals surface area contributed by atoms with E-state index in [2.05, 4.69) is 25.2 Å². The van der Waals surface area contributed by atoms with Crippen LogP contribution in [-0.2, 0) is 16.1 Å². The summed E-state index contributed by atoms with van der Waals surface area (Å²) in [5.74, 6) is 0.578. The Morgan fingerprint density at radius 3 is 2.41 bits per heavy atom. The highest BCUT2D eigenvalue weighted by molar-refractivity contribution is 8.00. The van der Waals surface area contributed by atoms with Crippen molar-refractivity contribution in [2.24, 2.45) is 5.92 Å². The first kappa shape index (κ1) is 23.0. The molecule has 1 atom stereocenters. The second-order valence-corrected chi connectivity index (χ2v) is 8.72. The fraction of sp³-hybridized carbons (Fsp3) is 0.417. The second kappa shape index (κ2) is 11.7. The number of nitrogens with one attached hydrogen (secondary N) is 1. The van der Waals surface area contributed by atoms with Crippen molar-refractivity contribution >= 4 is 23.6 Å². The zero-order valence-electron chi connectivity index (χ0n) is 17.9. The van der Waals surface area contributed by atoms with Gasteiger partial charge in [-0.1, -0.05) is 68.8 Å². The summed E-state index contributed by atoms with van der Waals surface area (Å²) < 4.78 is 0. The van der Waals surface area contributed by atoms with Crippen molar-refractivity contribution < 1.29 is 9.59 Å². The summed E-state index contributed by atoms with van der Waals surface area (Å²) >= 11 is 1.51. The van der Waals surface area contributed by atoms with Gasteiger partial charge in [0.05, 0.1) is 5.75 Å². The summed E-state index contributed by atoms with van der Waals surface area (Å²) in [6.07, 6.45) is 0.581. The normalized spacial score (nSPS) is 11.9. The molecule has 5 heteroatoms. The molecule has 2 rings (SSSR count). The molecule has 29 heavy (non-hydrogen) atoms. The predicted molar refractivity (Wildman–Crippen MR) is 121 cm³/mol. The average Bonchev–Trinajstić information content (AvgIpc) is 2.71. The molecule has 156 valence electrons. The Hall–Kier alpha value is -2.27. The Bertz CT molecular complexity index is 792. The lowest BCUT2D eigenvalue weighted by atomic mass is 10.1. The number of carbonyl (C=O) groups is 2. The maximum atomic E-state index is 13.2. The van der Waals surface area contributed by atoms with Crippen molar-refractivity contribution in [1.29, 1.82) is 0 Å². The first-order valence-corrected chi connectivity index (χ1v) is 11.2. The van der Waals surface area contributed by atoms with Gasteiger partial charge in [0.25, 0.3) is 0 Å². The van der Waals surface area contributed by atoms with Crippen molar-refractivity contribution in [2.45, 2.75) is 51.6 Å². The van der Waals surface area contributed by atoms with Gasteiger partial charge in [0, 0.05) is 18.0 Å². The molecule has 0 aromatic heterocycles. The number of carbonyl (C=O) groups excluding carboxylic acids is 2. The lowest BCUT2D eigenvalue weighted by molar-refractivity contribution is -0.139. The summed E-state index contributed by atoms with van der Waals surface area (Å²) in [6.45, 7) is 9.17. The first-order chi connectivity index (χ1) is 13.9. The van der Waals surface area contributed by atoms with Gasteiger partial charge in [0.2, 0.25) is 11.8 Å². The second-order valence-electron chi connectivity index (χ2n) is 7.68. The summed E-state index contributed by atoms with van der Waals surface area (Å²) in [5.41, 5.74) is 2.18. The number of hydrogen-bond donors (Lipinski definition) is 1. The average molecular weight is 413 g/mol. The number of rotatable bonds is 10. The molecular weight excluding hydrogens is 380 g/mol. The van der Waals surface area contributed by atoms with E-state index in [1.165, 1.54) is 11.8 Å². The van der Waals surface area contributed by atoms with Gasteiger partial charge >= 0.3 is 0 Å². The van der Waals surface area contributed by atoms with Crippen LogP contribution in [0.3, 0.4) is 0 Å². The lowest BCUT2D eigenvalue weighted by Crippen LogP contribution is -2.50. The SMILES string of the molecule is CC[C@H](C(=O)NCC(C)C)N(Cc1cccc(C)c1)C(=O)CSc1ccccc1. The number of hydrogen-bond acceptors (Lipinski definition) is 3.